The number of hydrogen-bond acceptors (Lipinski definition) is 7. The topological polar surface area (TPSA) is 76.0 Å². The Bertz CT molecular complexity index is 1070. The number of piperidine rings is 3. The molecular formula is C27H32NO5S2+. The van der Waals surface area contributed by atoms with Gasteiger partial charge in [0.05, 0.1) is 42.6 Å². The molecule has 0 aliphatic carbocycles. The van der Waals surface area contributed by atoms with Crippen LogP contribution in [0.15, 0.2) is 59.3 Å². The highest BCUT2D eigenvalue weighted by atomic mass is 32.1. The lowest BCUT2D eigenvalue weighted by atomic mass is 9.83. The van der Waals surface area contributed by atoms with Gasteiger partial charge < -0.3 is 24.2 Å². The lowest BCUT2D eigenvalue weighted by molar-refractivity contribution is -0.946. The quantitative estimate of drug-likeness (QED) is 0.241. The van der Waals surface area contributed by atoms with Crippen LogP contribution < -0.4 is 4.74 Å². The number of carbonyl (C=O) groups is 1. The van der Waals surface area contributed by atoms with Gasteiger partial charge in [0.1, 0.15) is 12.3 Å². The second-order valence-electron chi connectivity index (χ2n) is 9.65. The molecule has 2 bridgehead atoms. The van der Waals surface area contributed by atoms with Gasteiger partial charge in [-0.05, 0) is 40.6 Å². The zero-order valence-electron chi connectivity index (χ0n) is 19.7. The molecule has 3 aliphatic rings. The highest BCUT2D eigenvalue weighted by Crippen LogP contribution is 2.40. The largest absolute Gasteiger partial charge is 0.493 e. The third-order valence-corrected chi connectivity index (χ3v) is 9.43. The molecule has 6 nitrogen and oxygen atoms in total. The first-order chi connectivity index (χ1) is 17.0. The number of quaternary nitrogens is 1. The Kier molecular flexibility index (Phi) is 7.27. The Morgan fingerprint density at radius 1 is 1.06 bits per heavy atom. The molecule has 3 aliphatic heterocycles. The van der Waals surface area contributed by atoms with E-state index in [1.54, 1.807) is 12.1 Å². The lowest BCUT2D eigenvalue weighted by Gasteiger charge is -2.52. The molecule has 186 valence electrons. The summed E-state index contributed by atoms with van der Waals surface area (Å²) in [5.74, 6) is 0.570. The molecule has 0 amide bonds. The molecule has 6 rings (SSSR count). The van der Waals surface area contributed by atoms with Crippen molar-refractivity contribution in [2.24, 2.45) is 5.92 Å². The smallest absolute Gasteiger partial charge is 0.349 e. The zero-order valence-corrected chi connectivity index (χ0v) is 21.3. The predicted octanol–water partition coefficient (Wildman–Crippen LogP) is 4.16. The van der Waals surface area contributed by atoms with Crippen molar-refractivity contribution in [2.45, 2.75) is 37.6 Å². The van der Waals surface area contributed by atoms with Crippen LogP contribution in [0, 0.1) is 5.92 Å². The van der Waals surface area contributed by atoms with Crippen LogP contribution in [-0.4, -0.2) is 59.6 Å². The molecule has 1 aromatic carbocycles. The first-order valence-electron chi connectivity index (χ1n) is 12.2. The standard InChI is InChI=1S/C27H32NO5S2/c29-19-20-5-1-6-22(17-20)32-14-4-11-28-12-9-21(10-13-28)23(18-28)33-26(30)27(31,24-7-2-15-34-24)25-8-3-16-35-25/h1-3,5-8,15-17,21,23,29,31H,4,9-14,18-19H2/q+1. The molecular weight excluding hydrogens is 482 g/mol. The van der Waals surface area contributed by atoms with Crippen LogP contribution in [0.4, 0.5) is 0 Å². The summed E-state index contributed by atoms with van der Waals surface area (Å²) in [5.41, 5.74) is -0.909. The van der Waals surface area contributed by atoms with E-state index in [1.807, 2.05) is 47.2 Å². The molecule has 0 saturated carbocycles. The number of fused-ring (bicyclic) bond motifs is 3. The molecule has 5 heterocycles. The van der Waals surface area contributed by atoms with Crippen LogP contribution in [0.25, 0.3) is 0 Å². The molecule has 1 unspecified atom stereocenters. The van der Waals surface area contributed by atoms with Gasteiger partial charge in [0.25, 0.3) is 0 Å². The molecule has 3 aromatic rings. The third-order valence-electron chi connectivity index (χ3n) is 7.48. The van der Waals surface area contributed by atoms with Gasteiger partial charge in [0, 0.05) is 25.2 Å². The molecule has 3 fully saturated rings. The van der Waals surface area contributed by atoms with Crippen molar-refractivity contribution >= 4 is 28.6 Å². The number of nitrogens with zero attached hydrogens (tertiary/aromatic N) is 1. The van der Waals surface area contributed by atoms with Gasteiger partial charge in [-0.1, -0.05) is 24.3 Å². The van der Waals surface area contributed by atoms with Gasteiger partial charge in [-0.3, -0.25) is 0 Å². The van der Waals surface area contributed by atoms with Crippen molar-refractivity contribution in [3.8, 4) is 5.75 Å². The van der Waals surface area contributed by atoms with Gasteiger partial charge >= 0.3 is 5.97 Å². The van der Waals surface area contributed by atoms with Crippen LogP contribution in [-0.2, 0) is 21.7 Å². The van der Waals surface area contributed by atoms with Gasteiger partial charge in [-0.25, -0.2) is 4.79 Å². The maximum Gasteiger partial charge on any atom is 0.349 e. The predicted molar refractivity (Wildman–Crippen MR) is 136 cm³/mol. The van der Waals surface area contributed by atoms with Crippen LogP contribution in [0.3, 0.4) is 0 Å². The number of carbonyl (C=O) groups excluding carboxylic acids is 1. The summed E-state index contributed by atoms with van der Waals surface area (Å²) in [6, 6.07) is 14.9. The van der Waals surface area contributed by atoms with Crippen LogP contribution in [0.2, 0.25) is 0 Å². The van der Waals surface area contributed by atoms with Crippen molar-refractivity contribution in [1.82, 2.24) is 0 Å². The summed E-state index contributed by atoms with van der Waals surface area (Å²) in [7, 11) is 0. The zero-order chi connectivity index (χ0) is 24.3. The van der Waals surface area contributed by atoms with Crippen LogP contribution >= 0.6 is 22.7 Å². The van der Waals surface area contributed by atoms with E-state index in [9.17, 15) is 15.0 Å². The molecule has 3 saturated heterocycles. The Labute approximate surface area is 214 Å². The number of aliphatic hydroxyl groups excluding tert-OH is 1. The summed E-state index contributed by atoms with van der Waals surface area (Å²) in [5, 5.41) is 24.6. The number of benzene rings is 1. The fourth-order valence-corrected chi connectivity index (χ4v) is 7.22. The number of esters is 1. The first kappa shape index (κ1) is 24.5. The minimum Gasteiger partial charge on any atom is -0.493 e. The Morgan fingerprint density at radius 2 is 1.77 bits per heavy atom. The SMILES string of the molecule is O=C(OC1C[N+]2(CCCOc3cccc(CO)c3)CCC1CC2)C(O)(c1cccs1)c1cccs1. The average Bonchev–Trinajstić information content (AvgIpc) is 3.62. The molecule has 0 spiro atoms. The van der Waals surface area contributed by atoms with E-state index in [-0.39, 0.29) is 12.7 Å². The normalized spacial score (nSPS) is 23.8. The van der Waals surface area contributed by atoms with Gasteiger partial charge in [-0.15, -0.1) is 22.7 Å². The molecule has 8 heteroatoms. The monoisotopic (exact) mass is 514 g/mol. The average molecular weight is 515 g/mol. The number of thiophene rings is 2. The minimum absolute atomic E-state index is 0.00652. The van der Waals surface area contributed by atoms with Crippen LogP contribution in [0.5, 0.6) is 5.75 Å². The van der Waals surface area contributed by atoms with E-state index < -0.39 is 11.6 Å². The highest BCUT2D eigenvalue weighted by Gasteiger charge is 2.51. The summed E-state index contributed by atoms with van der Waals surface area (Å²) < 4.78 is 13.0. The molecule has 2 aromatic heterocycles. The van der Waals surface area contributed by atoms with Crippen molar-refractivity contribution in [2.75, 3.05) is 32.8 Å². The van der Waals surface area contributed by atoms with E-state index in [1.165, 1.54) is 22.7 Å². The minimum atomic E-state index is -1.75. The molecule has 1 atom stereocenters. The van der Waals surface area contributed by atoms with Crippen molar-refractivity contribution in [3.05, 3.63) is 74.6 Å². The summed E-state index contributed by atoms with van der Waals surface area (Å²) in [6.07, 6.45) is 2.79. The van der Waals surface area contributed by atoms with E-state index in [4.69, 9.17) is 9.47 Å². The van der Waals surface area contributed by atoms with Gasteiger partial charge in [0.15, 0.2) is 6.10 Å². The van der Waals surface area contributed by atoms with E-state index in [2.05, 4.69) is 0 Å². The van der Waals surface area contributed by atoms with Gasteiger partial charge in [0.2, 0.25) is 5.60 Å². The maximum absolute atomic E-state index is 13.5. The summed E-state index contributed by atoms with van der Waals surface area (Å²) >= 11 is 2.74. The molecule has 2 N–H and O–H groups in total. The molecule has 0 radical (unpaired) electrons. The third kappa shape index (κ3) is 5.04. The molecule has 35 heavy (non-hydrogen) atoms. The Balaban J connectivity index is 1.22. The second-order valence-corrected chi connectivity index (χ2v) is 11.5. The Morgan fingerprint density at radius 3 is 2.40 bits per heavy atom. The Hall–Kier alpha value is -2.23. The van der Waals surface area contributed by atoms with Crippen molar-refractivity contribution in [1.29, 1.82) is 0 Å². The highest BCUT2D eigenvalue weighted by molar-refractivity contribution is 7.12. The van der Waals surface area contributed by atoms with Crippen molar-refractivity contribution in [3.63, 3.8) is 0 Å². The number of rotatable bonds is 10. The second kappa shape index (κ2) is 10.4. The number of aliphatic hydroxyl groups is 2. The fraction of sp³-hybridized carbons (Fsp3) is 0.444. The summed E-state index contributed by atoms with van der Waals surface area (Å²) in [6.45, 7) is 4.57. The van der Waals surface area contributed by atoms with E-state index in [0.29, 0.717) is 22.3 Å². The first-order valence-corrected chi connectivity index (χ1v) is 14.0. The number of hydrogen-bond donors (Lipinski definition) is 2. The van der Waals surface area contributed by atoms with Gasteiger partial charge in [-0.2, -0.15) is 0 Å². The summed E-state index contributed by atoms with van der Waals surface area (Å²) in [4.78, 5) is 14.7. The fourth-order valence-electron chi connectivity index (χ4n) is 5.51. The van der Waals surface area contributed by atoms with E-state index in [0.717, 1.165) is 61.2 Å². The lowest BCUT2D eigenvalue weighted by Crippen LogP contribution is -2.65. The maximum atomic E-state index is 13.5. The van der Waals surface area contributed by atoms with E-state index >= 15 is 0 Å². The number of ether oxygens (including phenoxy) is 2. The van der Waals surface area contributed by atoms with Crippen molar-refractivity contribution < 1.29 is 29.0 Å². The van der Waals surface area contributed by atoms with Crippen LogP contribution in [0.1, 0.15) is 34.6 Å².